The van der Waals surface area contributed by atoms with Gasteiger partial charge in [0.1, 0.15) is 23.1 Å². The molecule has 0 saturated carbocycles. The fraction of sp³-hybridized carbons (Fsp3) is 0.278. The zero-order valence-electron chi connectivity index (χ0n) is 14.3. The summed E-state index contributed by atoms with van der Waals surface area (Å²) in [5.74, 6) is 1.21. The maximum Gasteiger partial charge on any atom is 0.251 e. The number of hydrogen-bond donors (Lipinski definition) is 1. The van der Waals surface area contributed by atoms with E-state index >= 15 is 0 Å². The Kier molecular flexibility index (Phi) is 5.14. The van der Waals surface area contributed by atoms with E-state index in [0.29, 0.717) is 24.5 Å². The van der Waals surface area contributed by atoms with Gasteiger partial charge in [0.25, 0.3) is 5.91 Å². The van der Waals surface area contributed by atoms with Crippen LogP contribution in [0.3, 0.4) is 0 Å². The number of carbonyl (C=O) groups is 1. The Labute approximate surface area is 149 Å². The Morgan fingerprint density at radius 2 is 2.16 bits per heavy atom. The minimum atomic E-state index is -0.157. The fourth-order valence-corrected chi connectivity index (χ4v) is 3.04. The number of nitrogens with one attached hydrogen (secondary N) is 1. The molecule has 0 unspecified atom stereocenters. The van der Waals surface area contributed by atoms with Gasteiger partial charge in [-0.3, -0.25) is 4.79 Å². The Morgan fingerprint density at radius 3 is 2.84 bits per heavy atom. The van der Waals surface area contributed by atoms with Gasteiger partial charge in [-0.05, 0) is 39.0 Å². The summed E-state index contributed by atoms with van der Waals surface area (Å²) < 4.78 is 10.9. The second-order valence-corrected chi connectivity index (χ2v) is 6.63. The zero-order chi connectivity index (χ0) is 17.8. The maximum atomic E-state index is 12.3. The second kappa shape index (κ2) is 7.48. The maximum absolute atomic E-state index is 12.3. The van der Waals surface area contributed by atoms with Crippen molar-refractivity contribution in [3.8, 4) is 5.75 Å². The van der Waals surface area contributed by atoms with Crippen molar-refractivity contribution in [3.63, 3.8) is 0 Å². The normalized spacial score (nSPS) is 10.7. The lowest BCUT2D eigenvalue weighted by Gasteiger charge is -2.08. The molecule has 0 aliphatic heterocycles. The molecular weight excluding hydrogens is 338 g/mol. The van der Waals surface area contributed by atoms with Crippen LogP contribution in [0.25, 0.3) is 0 Å². The number of benzene rings is 1. The first kappa shape index (κ1) is 17.2. The van der Waals surface area contributed by atoms with Gasteiger partial charge in [0.15, 0.2) is 0 Å². The lowest BCUT2D eigenvalue weighted by atomic mass is 10.2. The van der Waals surface area contributed by atoms with Crippen molar-refractivity contribution in [1.82, 2.24) is 15.5 Å². The summed E-state index contributed by atoms with van der Waals surface area (Å²) >= 11 is 1.53. The first-order chi connectivity index (χ1) is 12.0. The molecular formula is C18H19N3O3S. The Balaban J connectivity index is 1.61. The summed E-state index contributed by atoms with van der Waals surface area (Å²) in [6, 6.07) is 7.09. The summed E-state index contributed by atoms with van der Waals surface area (Å²) in [5, 5.41) is 9.63. The van der Waals surface area contributed by atoms with Crippen LogP contribution in [0, 0.1) is 20.8 Å². The molecule has 1 N–H and O–H groups in total. The molecule has 0 atom stereocenters. The van der Waals surface area contributed by atoms with Gasteiger partial charge < -0.3 is 14.6 Å². The lowest BCUT2D eigenvalue weighted by Crippen LogP contribution is -2.22. The topological polar surface area (TPSA) is 77.2 Å². The van der Waals surface area contributed by atoms with E-state index in [9.17, 15) is 4.79 Å². The lowest BCUT2D eigenvalue weighted by molar-refractivity contribution is 0.0950. The largest absolute Gasteiger partial charge is 0.489 e. The van der Waals surface area contributed by atoms with E-state index in [0.717, 1.165) is 27.7 Å². The third-order valence-corrected chi connectivity index (χ3v) is 4.69. The minimum Gasteiger partial charge on any atom is -0.489 e. The molecule has 0 saturated heterocycles. The van der Waals surface area contributed by atoms with Crippen LogP contribution in [0.15, 0.2) is 34.2 Å². The Hall–Kier alpha value is -2.67. The highest BCUT2D eigenvalue weighted by atomic mass is 32.1. The van der Waals surface area contributed by atoms with Crippen molar-refractivity contribution in [2.75, 3.05) is 0 Å². The SMILES string of the molecule is Cc1csc(CNC(=O)c2cccc(OCc3c(C)noc3C)c2)n1. The highest BCUT2D eigenvalue weighted by molar-refractivity contribution is 7.09. The molecule has 0 aliphatic carbocycles. The quantitative estimate of drug-likeness (QED) is 0.730. The van der Waals surface area contributed by atoms with E-state index in [1.165, 1.54) is 11.3 Å². The first-order valence-electron chi connectivity index (χ1n) is 7.86. The number of carbonyl (C=O) groups excluding carboxylic acids is 1. The summed E-state index contributed by atoms with van der Waals surface area (Å²) in [5.41, 5.74) is 3.24. The number of rotatable bonds is 6. The van der Waals surface area contributed by atoms with Gasteiger partial charge >= 0.3 is 0 Å². The molecule has 2 heterocycles. The van der Waals surface area contributed by atoms with E-state index in [4.69, 9.17) is 9.26 Å². The molecule has 1 amide bonds. The number of amides is 1. The van der Waals surface area contributed by atoms with Crippen LogP contribution in [-0.2, 0) is 13.2 Å². The summed E-state index contributed by atoms with van der Waals surface area (Å²) in [4.78, 5) is 16.6. The fourth-order valence-electron chi connectivity index (χ4n) is 2.33. The number of aromatic nitrogens is 2. The molecule has 0 fully saturated rings. The first-order valence-corrected chi connectivity index (χ1v) is 8.74. The smallest absolute Gasteiger partial charge is 0.251 e. The molecule has 7 heteroatoms. The van der Waals surface area contributed by atoms with Crippen molar-refractivity contribution >= 4 is 17.2 Å². The molecule has 0 spiro atoms. The average Bonchev–Trinajstić information content (AvgIpc) is 3.17. The molecule has 6 nitrogen and oxygen atoms in total. The number of thiazole rings is 1. The van der Waals surface area contributed by atoms with Gasteiger partial charge in [0.05, 0.1) is 17.8 Å². The number of ether oxygens (including phenoxy) is 1. The van der Waals surface area contributed by atoms with E-state index in [1.807, 2.05) is 32.2 Å². The molecule has 2 aromatic heterocycles. The van der Waals surface area contributed by atoms with Gasteiger partial charge in [-0.2, -0.15) is 0 Å². The van der Waals surface area contributed by atoms with Crippen LogP contribution in [0.4, 0.5) is 0 Å². The van der Waals surface area contributed by atoms with Crippen molar-refractivity contribution in [2.45, 2.75) is 33.9 Å². The van der Waals surface area contributed by atoms with Gasteiger partial charge in [-0.1, -0.05) is 11.2 Å². The van der Waals surface area contributed by atoms with Gasteiger partial charge in [-0.15, -0.1) is 11.3 Å². The molecule has 130 valence electrons. The average molecular weight is 357 g/mol. The van der Waals surface area contributed by atoms with E-state index < -0.39 is 0 Å². The van der Waals surface area contributed by atoms with Crippen molar-refractivity contribution in [3.05, 3.63) is 62.9 Å². The zero-order valence-corrected chi connectivity index (χ0v) is 15.1. The predicted molar refractivity (Wildman–Crippen MR) is 94.8 cm³/mol. The molecule has 0 bridgehead atoms. The molecule has 0 radical (unpaired) electrons. The molecule has 1 aromatic carbocycles. The highest BCUT2D eigenvalue weighted by Gasteiger charge is 2.11. The number of aryl methyl sites for hydroxylation is 3. The number of hydrogen-bond acceptors (Lipinski definition) is 6. The van der Waals surface area contributed by atoms with E-state index in [1.54, 1.807) is 18.2 Å². The third-order valence-electron chi connectivity index (χ3n) is 3.73. The molecule has 25 heavy (non-hydrogen) atoms. The number of nitrogens with zero attached hydrogens (tertiary/aromatic N) is 2. The summed E-state index contributed by atoms with van der Waals surface area (Å²) in [6.45, 7) is 6.43. The highest BCUT2D eigenvalue weighted by Crippen LogP contribution is 2.18. The van der Waals surface area contributed by atoms with E-state index in [-0.39, 0.29) is 5.91 Å². The van der Waals surface area contributed by atoms with Crippen LogP contribution in [0.2, 0.25) is 0 Å². The minimum absolute atomic E-state index is 0.157. The van der Waals surface area contributed by atoms with Crippen molar-refractivity contribution in [1.29, 1.82) is 0 Å². The van der Waals surface area contributed by atoms with Gasteiger partial charge in [-0.25, -0.2) is 4.98 Å². The van der Waals surface area contributed by atoms with Crippen molar-refractivity contribution < 1.29 is 14.1 Å². The monoisotopic (exact) mass is 357 g/mol. The standard InChI is InChI=1S/C18H19N3O3S/c1-11-10-25-17(20-11)8-19-18(22)14-5-4-6-15(7-14)23-9-16-12(2)21-24-13(16)3/h4-7,10H,8-9H2,1-3H3,(H,19,22). The second-order valence-electron chi connectivity index (χ2n) is 5.68. The van der Waals surface area contributed by atoms with Crippen LogP contribution in [-0.4, -0.2) is 16.0 Å². The van der Waals surface area contributed by atoms with Crippen LogP contribution in [0.1, 0.15) is 38.1 Å². The van der Waals surface area contributed by atoms with Crippen LogP contribution < -0.4 is 10.1 Å². The summed E-state index contributed by atoms with van der Waals surface area (Å²) in [7, 11) is 0. The van der Waals surface area contributed by atoms with Gasteiger partial charge in [0, 0.05) is 16.6 Å². The van der Waals surface area contributed by atoms with Crippen LogP contribution in [0.5, 0.6) is 5.75 Å². The van der Waals surface area contributed by atoms with Gasteiger partial charge in [0.2, 0.25) is 0 Å². The predicted octanol–water partition coefficient (Wildman–Crippen LogP) is 3.57. The van der Waals surface area contributed by atoms with E-state index in [2.05, 4.69) is 15.5 Å². The third kappa shape index (κ3) is 4.24. The molecule has 3 rings (SSSR count). The molecule has 0 aliphatic rings. The van der Waals surface area contributed by atoms with Crippen LogP contribution >= 0.6 is 11.3 Å². The van der Waals surface area contributed by atoms with Crippen molar-refractivity contribution in [2.24, 2.45) is 0 Å². The Bertz CT molecular complexity index is 866. The molecule has 3 aromatic rings. The Morgan fingerprint density at radius 1 is 1.32 bits per heavy atom. The summed E-state index contributed by atoms with van der Waals surface area (Å²) in [6.07, 6.45) is 0.